The maximum absolute atomic E-state index is 11.8. The Morgan fingerprint density at radius 3 is 2.59 bits per heavy atom. The zero-order chi connectivity index (χ0) is 19.6. The van der Waals surface area contributed by atoms with Crippen LogP contribution in [0.25, 0.3) is 0 Å². The normalized spacial score (nSPS) is 11.1. The number of hydrazone groups is 1. The van der Waals surface area contributed by atoms with Crippen LogP contribution in [0.1, 0.15) is 56.2 Å². The first-order valence-corrected chi connectivity index (χ1v) is 10.1. The lowest BCUT2D eigenvalue weighted by atomic mass is 10.0. The summed E-state index contributed by atoms with van der Waals surface area (Å²) in [5.74, 6) is 1.19. The summed E-state index contributed by atoms with van der Waals surface area (Å²) in [6.45, 7) is 6.92. The Labute approximate surface area is 170 Å². The molecule has 4 nitrogen and oxygen atoms in total. The van der Waals surface area contributed by atoms with Gasteiger partial charge >= 0.3 is 0 Å². The van der Waals surface area contributed by atoms with Crippen LogP contribution in [0.5, 0.6) is 5.75 Å². The molecule has 2 aromatic rings. The van der Waals surface area contributed by atoms with E-state index in [1.54, 1.807) is 6.21 Å². The molecule has 0 aliphatic carbocycles. The molecule has 0 fully saturated rings. The molecule has 144 valence electrons. The van der Waals surface area contributed by atoms with Crippen molar-refractivity contribution in [1.82, 2.24) is 5.43 Å². The number of ether oxygens (including phenoxy) is 1. The second-order valence-electron chi connectivity index (χ2n) is 6.68. The van der Waals surface area contributed by atoms with Crippen LogP contribution in [0.4, 0.5) is 0 Å². The van der Waals surface area contributed by atoms with E-state index in [0.29, 0.717) is 25.4 Å². The van der Waals surface area contributed by atoms with Crippen LogP contribution in [0.2, 0.25) is 0 Å². The number of carbonyl (C=O) groups is 1. The molecule has 1 N–H and O–H groups in total. The van der Waals surface area contributed by atoms with Gasteiger partial charge in [0.15, 0.2) is 0 Å². The highest BCUT2D eigenvalue weighted by Gasteiger charge is 2.04. The van der Waals surface area contributed by atoms with Crippen molar-refractivity contribution >= 4 is 28.1 Å². The summed E-state index contributed by atoms with van der Waals surface area (Å²) in [5, 5.41) is 4.01. The highest BCUT2D eigenvalue weighted by molar-refractivity contribution is 9.10. The molecule has 0 atom stereocenters. The Balaban J connectivity index is 1.68. The van der Waals surface area contributed by atoms with Crippen molar-refractivity contribution in [3.05, 3.63) is 63.6 Å². The summed E-state index contributed by atoms with van der Waals surface area (Å²) < 4.78 is 6.67. The van der Waals surface area contributed by atoms with Crippen LogP contribution in [0.15, 0.2) is 52.0 Å². The summed E-state index contributed by atoms with van der Waals surface area (Å²) in [5.41, 5.74) is 6.06. The molecule has 0 aliphatic heterocycles. The zero-order valence-corrected chi connectivity index (χ0v) is 17.8. The van der Waals surface area contributed by atoms with E-state index in [1.807, 2.05) is 18.2 Å². The smallest absolute Gasteiger partial charge is 0.240 e. The van der Waals surface area contributed by atoms with Gasteiger partial charge in [0.05, 0.1) is 17.3 Å². The van der Waals surface area contributed by atoms with Gasteiger partial charge in [-0.05, 0) is 63.5 Å². The first kappa shape index (κ1) is 21.2. The van der Waals surface area contributed by atoms with Crippen molar-refractivity contribution in [3.63, 3.8) is 0 Å². The fourth-order valence-corrected chi connectivity index (χ4v) is 3.04. The maximum atomic E-state index is 11.8. The van der Waals surface area contributed by atoms with Gasteiger partial charge in [0.25, 0.3) is 0 Å². The quantitative estimate of drug-likeness (QED) is 0.326. The lowest BCUT2D eigenvalue weighted by Crippen LogP contribution is -2.18. The second kappa shape index (κ2) is 10.9. The molecular weight excluding hydrogens is 404 g/mol. The summed E-state index contributed by atoms with van der Waals surface area (Å²) in [6, 6.07) is 14.2. The van der Waals surface area contributed by atoms with Crippen molar-refractivity contribution in [2.75, 3.05) is 6.61 Å². The second-order valence-corrected chi connectivity index (χ2v) is 7.54. The molecule has 2 aromatic carbocycles. The molecule has 0 aromatic heterocycles. The van der Waals surface area contributed by atoms with Gasteiger partial charge in [-0.15, -0.1) is 0 Å². The SMILES string of the molecule is CCc1ccc(OCCCC(=O)N/N=C/c2ccc(C(C)C)cc2)c(Br)c1. The third-order valence-corrected chi connectivity index (χ3v) is 4.84. The van der Waals surface area contributed by atoms with Crippen molar-refractivity contribution < 1.29 is 9.53 Å². The van der Waals surface area contributed by atoms with E-state index in [4.69, 9.17) is 4.74 Å². The van der Waals surface area contributed by atoms with E-state index >= 15 is 0 Å². The highest BCUT2D eigenvalue weighted by Crippen LogP contribution is 2.26. The first-order valence-electron chi connectivity index (χ1n) is 9.32. The van der Waals surface area contributed by atoms with Gasteiger partial charge in [0, 0.05) is 6.42 Å². The molecular formula is C22H27BrN2O2. The van der Waals surface area contributed by atoms with Gasteiger partial charge in [-0.3, -0.25) is 4.79 Å². The van der Waals surface area contributed by atoms with Crippen molar-refractivity contribution in [2.24, 2.45) is 5.10 Å². The standard InChI is InChI=1S/C22H27BrN2O2/c1-4-17-9-12-21(20(23)14-17)27-13-5-6-22(26)25-24-15-18-7-10-19(11-8-18)16(2)3/h7-12,14-16H,4-6,13H2,1-3H3,(H,25,26)/b24-15+. The van der Waals surface area contributed by atoms with E-state index in [1.165, 1.54) is 11.1 Å². The fourth-order valence-electron chi connectivity index (χ4n) is 2.50. The van der Waals surface area contributed by atoms with E-state index in [9.17, 15) is 4.79 Å². The number of nitrogens with one attached hydrogen (secondary N) is 1. The molecule has 0 saturated carbocycles. The fraction of sp³-hybridized carbons (Fsp3) is 0.364. The van der Waals surface area contributed by atoms with Crippen LogP contribution in [0.3, 0.4) is 0 Å². The summed E-state index contributed by atoms with van der Waals surface area (Å²) >= 11 is 3.51. The van der Waals surface area contributed by atoms with Gasteiger partial charge < -0.3 is 4.74 Å². The molecule has 0 bridgehead atoms. The van der Waals surface area contributed by atoms with E-state index in [-0.39, 0.29) is 5.91 Å². The van der Waals surface area contributed by atoms with Crippen molar-refractivity contribution in [3.8, 4) is 5.75 Å². The molecule has 27 heavy (non-hydrogen) atoms. The van der Waals surface area contributed by atoms with Gasteiger partial charge in [-0.1, -0.05) is 51.1 Å². The number of nitrogens with zero attached hydrogens (tertiary/aromatic N) is 1. The highest BCUT2D eigenvalue weighted by atomic mass is 79.9. The van der Waals surface area contributed by atoms with Gasteiger partial charge in [0.1, 0.15) is 5.75 Å². The zero-order valence-electron chi connectivity index (χ0n) is 16.2. The minimum atomic E-state index is -0.117. The molecule has 1 amide bonds. The third kappa shape index (κ3) is 7.18. The number of amides is 1. The first-order chi connectivity index (χ1) is 13.0. The number of benzene rings is 2. The van der Waals surface area contributed by atoms with Crippen LogP contribution in [-0.4, -0.2) is 18.7 Å². The number of hydrogen-bond acceptors (Lipinski definition) is 3. The van der Waals surface area contributed by atoms with E-state index in [0.717, 1.165) is 22.2 Å². The van der Waals surface area contributed by atoms with Crippen molar-refractivity contribution in [2.45, 2.75) is 46.0 Å². The van der Waals surface area contributed by atoms with Crippen LogP contribution in [0, 0.1) is 0 Å². The minimum absolute atomic E-state index is 0.117. The number of hydrogen-bond donors (Lipinski definition) is 1. The molecule has 0 radical (unpaired) electrons. The molecule has 2 rings (SSSR count). The molecule has 0 aliphatic rings. The minimum Gasteiger partial charge on any atom is -0.492 e. The van der Waals surface area contributed by atoms with Crippen molar-refractivity contribution in [1.29, 1.82) is 0 Å². The topological polar surface area (TPSA) is 50.7 Å². The largest absolute Gasteiger partial charge is 0.492 e. The van der Waals surface area contributed by atoms with Crippen LogP contribution >= 0.6 is 15.9 Å². The molecule has 0 unspecified atom stereocenters. The van der Waals surface area contributed by atoms with Gasteiger partial charge in [0.2, 0.25) is 5.91 Å². The predicted molar refractivity (Wildman–Crippen MR) is 115 cm³/mol. The van der Waals surface area contributed by atoms with Gasteiger partial charge in [-0.2, -0.15) is 5.10 Å². The predicted octanol–water partition coefficient (Wildman–Crippen LogP) is 5.44. The number of aryl methyl sites for hydroxylation is 1. The van der Waals surface area contributed by atoms with E-state index in [2.05, 4.69) is 71.5 Å². The average molecular weight is 431 g/mol. The van der Waals surface area contributed by atoms with E-state index < -0.39 is 0 Å². The Hall–Kier alpha value is -2.14. The molecule has 0 heterocycles. The Bertz CT molecular complexity index is 770. The maximum Gasteiger partial charge on any atom is 0.240 e. The van der Waals surface area contributed by atoms with Crippen LogP contribution < -0.4 is 10.2 Å². The lowest BCUT2D eigenvalue weighted by Gasteiger charge is -2.09. The summed E-state index contributed by atoms with van der Waals surface area (Å²) in [4.78, 5) is 11.8. The number of carbonyl (C=O) groups excluding carboxylic acids is 1. The Morgan fingerprint density at radius 2 is 1.96 bits per heavy atom. The Morgan fingerprint density at radius 1 is 1.22 bits per heavy atom. The lowest BCUT2D eigenvalue weighted by molar-refractivity contribution is -0.121. The summed E-state index contributed by atoms with van der Waals surface area (Å²) in [7, 11) is 0. The average Bonchev–Trinajstić information content (AvgIpc) is 2.66. The third-order valence-electron chi connectivity index (χ3n) is 4.22. The number of rotatable bonds is 9. The molecule has 0 saturated heterocycles. The number of halogens is 1. The Kier molecular flexibility index (Phi) is 8.52. The molecule has 0 spiro atoms. The molecule has 5 heteroatoms. The van der Waals surface area contributed by atoms with Crippen LogP contribution in [-0.2, 0) is 11.2 Å². The van der Waals surface area contributed by atoms with Gasteiger partial charge in [-0.25, -0.2) is 5.43 Å². The summed E-state index contributed by atoms with van der Waals surface area (Å²) in [6.07, 6.45) is 3.65. The monoisotopic (exact) mass is 430 g/mol.